The quantitative estimate of drug-likeness (QED) is 0.197. The third-order valence-electron chi connectivity index (χ3n) is 5.88. The highest BCUT2D eigenvalue weighted by atomic mass is 35.5. The maximum absolute atomic E-state index is 12.8. The summed E-state index contributed by atoms with van der Waals surface area (Å²) in [6, 6.07) is 16.1. The van der Waals surface area contributed by atoms with Crippen molar-refractivity contribution < 1.29 is 4.79 Å². The Kier molecular flexibility index (Phi) is 7.51. The summed E-state index contributed by atoms with van der Waals surface area (Å²) in [5.74, 6) is -0.912. The van der Waals surface area contributed by atoms with Crippen molar-refractivity contribution >= 4 is 75.3 Å². The zero-order chi connectivity index (χ0) is 25.5. The first kappa shape index (κ1) is 26.0. The fraction of sp³-hybridized carbons (Fsp3) is 0.192. The van der Waals surface area contributed by atoms with E-state index in [0.29, 0.717) is 32.0 Å². The lowest BCUT2D eigenvalue weighted by atomic mass is 10.1. The molecule has 0 aliphatic heterocycles. The van der Waals surface area contributed by atoms with E-state index in [9.17, 15) is 4.79 Å². The molecule has 3 N–H and O–H groups in total. The van der Waals surface area contributed by atoms with Crippen molar-refractivity contribution in [1.82, 2.24) is 5.43 Å². The molecule has 0 aromatic heterocycles. The van der Waals surface area contributed by atoms with Crippen molar-refractivity contribution in [1.29, 1.82) is 0 Å². The molecule has 1 fully saturated rings. The summed E-state index contributed by atoms with van der Waals surface area (Å²) in [5, 5.41) is 4.53. The molecular weight excluding hydrogens is 548 g/mol. The van der Waals surface area contributed by atoms with E-state index in [-0.39, 0.29) is 17.7 Å². The van der Waals surface area contributed by atoms with Gasteiger partial charge in [-0.2, -0.15) is 0 Å². The van der Waals surface area contributed by atoms with Gasteiger partial charge in [0.15, 0.2) is 0 Å². The Morgan fingerprint density at radius 1 is 0.943 bits per heavy atom. The van der Waals surface area contributed by atoms with Crippen LogP contribution in [0.25, 0.3) is 0 Å². The fourth-order valence-electron chi connectivity index (χ4n) is 4.12. The van der Waals surface area contributed by atoms with Gasteiger partial charge in [0.25, 0.3) is 5.91 Å². The van der Waals surface area contributed by atoms with Crippen LogP contribution in [0.4, 0.5) is 11.4 Å². The van der Waals surface area contributed by atoms with Crippen LogP contribution >= 0.6 is 58.0 Å². The van der Waals surface area contributed by atoms with Crippen LogP contribution < -0.4 is 16.2 Å². The number of carbonyl (C=O) groups is 1. The van der Waals surface area contributed by atoms with Crippen LogP contribution in [0.3, 0.4) is 0 Å². The summed E-state index contributed by atoms with van der Waals surface area (Å²) in [7, 11) is 0. The molecule has 1 amide bonds. The standard InChI is InChI=1S/C26H22Cl5N3O/c1-13-4-7-22(14(2)8-13)33-34-25(35)20-12-19(5-6-21(20)29)32-15(3)23-24(26(23,30)31)16-9-17(27)11-18(28)10-16/h4-12,23-24,32-33H,3H2,1-2H3,(H,34,35). The van der Waals surface area contributed by atoms with E-state index in [4.69, 9.17) is 58.0 Å². The van der Waals surface area contributed by atoms with Crippen molar-refractivity contribution in [2.45, 2.75) is 24.1 Å². The van der Waals surface area contributed by atoms with E-state index in [1.807, 2.05) is 32.0 Å². The highest BCUT2D eigenvalue weighted by Crippen LogP contribution is 2.67. The fourth-order valence-corrected chi connectivity index (χ4v) is 5.75. The predicted molar refractivity (Wildman–Crippen MR) is 148 cm³/mol. The van der Waals surface area contributed by atoms with E-state index >= 15 is 0 Å². The van der Waals surface area contributed by atoms with E-state index in [1.165, 1.54) is 0 Å². The summed E-state index contributed by atoms with van der Waals surface area (Å²) in [6.07, 6.45) is 0. The molecule has 0 bridgehead atoms. The molecule has 1 saturated carbocycles. The Hall–Kier alpha value is -2.08. The first-order chi connectivity index (χ1) is 16.5. The second-order valence-electron chi connectivity index (χ2n) is 8.58. The molecule has 4 nitrogen and oxygen atoms in total. The van der Waals surface area contributed by atoms with Gasteiger partial charge in [0.05, 0.1) is 16.3 Å². The van der Waals surface area contributed by atoms with Gasteiger partial charge in [0.2, 0.25) is 0 Å². The van der Waals surface area contributed by atoms with E-state index < -0.39 is 4.33 Å². The van der Waals surface area contributed by atoms with Crippen LogP contribution in [0.2, 0.25) is 15.1 Å². The van der Waals surface area contributed by atoms with Gasteiger partial charge in [-0.05, 0) is 67.4 Å². The summed E-state index contributed by atoms with van der Waals surface area (Å²) >= 11 is 31.8. The third kappa shape index (κ3) is 5.68. The van der Waals surface area contributed by atoms with Gasteiger partial charge in [0.1, 0.15) is 4.33 Å². The van der Waals surface area contributed by atoms with Crippen molar-refractivity contribution in [2.75, 3.05) is 10.7 Å². The molecule has 2 atom stereocenters. The van der Waals surface area contributed by atoms with E-state index in [1.54, 1.807) is 36.4 Å². The first-order valence-corrected chi connectivity index (χ1v) is 12.6. The highest BCUT2D eigenvalue weighted by molar-refractivity contribution is 6.52. The van der Waals surface area contributed by atoms with Crippen molar-refractivity contribution in [3.8, 4) is 0 Å². The molecule has 0 radical (unpaired) electrons. The Labute approximate surface area is 229 Å². The van der Waals surface area contributed by atoms with Crippen LogP contribution in [-0.4, -0.2) is 10.2 Å². The number of aryl methyl sites for hydroxylation is 2. The number of halogens is 5. The molecule has 0 heterocycles. The zero-order valence-corrected chi connectivity index (χ0v) is 22.6. The Balaban J connectivity index is 1.46. The molecule has 1 aliphatic carbocycles. The lowest BCUT2D eigenvalue weighted by molar-refractivity contribution is 0.0963. The Morgan fingerprint density at radius 3 is 2.29 bits per heavy atom. The first-order valence-electron chi connectivity index (χ1n) is 10.7. The molecule has 182 valence electrons. The summed E-state index contributed by atoms with van der Waals surface area (Å²) in [4.78, 5) is 12.8. The molecule has 0 saturated heterocycles. The highest BCUT2D eigenvalue weighted by Gasteiger charge is 2.65. The average molecular weight is 570 g/mol. The predicted octanol–water partition coefficient (Wildman–Crippen LogP) is 8.53. The number of hydrogen-bond acceptors (Lipinski definition) is 3. The third-order valence-corrected chi connectivity index (χ3v) is 7.59. The average Bonchev–Trinajstić information content (AvgIpc) is 3.35. The number of rotatable bonds is 7. The van der Waals surface area contributed by atoms with Gasteiger partial charge >= 0.3 is 0 Å². The summed E-state index contributed by atoms with van der Waals surface area (Å²) in [6.45, 7) is 8.09. The largest absolute Gasteiger partial charge is 0.359 e. The second-order valence-corrected chi connectivity index (χ2v) is 11.3. The number of hydrazine groups is 1. The maximum atomic E-state index is 12.8. The molecule has 2 unspecified atom stereocenters. The topological polar surface area (TPSA) is 53.2 Å². The van der Waals surface area contributed by atoms with Crippen molar-refractivity contribution in [3.05, 3.63) is 104 Å². The molecule has 1 aliphatic rings. The molecule has 3 aromatic rings. The number of hydrogen-bond donors (Lipinski definition) is 3. The van der Waals surface area contributed by atoms with Gasteiger partial charge in [-0.15, -0.1) is 23.2 Å². The van der Waals surface area contributed by atoms with Crippen LogP contribution in [-0.2, 0) is 0 Å². The normalized spacial score (nSPS) is 18.0. The van der Waals surface area contributed by atoms with Crippen LogP contribution in [0, 0.1) is 19.8 Å². The molecule has 0 spiro atoms. The lowest BCUT2D eigenvalue weighted by Gasteiger charge is -2.14. The summed E-state index contributed by atoms with van der Waals surface area (Å²) < 4.78 is -1.07. The molecular formula is C26H22Cl5N3O. The van der Waals surface area contributed by atoms with E-state index in [0.717, 1.165) is 22.4 Å². The number of anilines is 2. The van der Waals surface area contributed by atoms with Crippen molar-refractivity contribution in [2.24, 2.45) is 5.92 Å². The molecule has 9 heteroatoms. The number of carbonyl (C=O) groups excluding carboxylic acids is 1. The Morgan fingerprint density at radius 2 is 1.63 bits per heavy atom. The smallest absolute Gasteiger partial charge is 0.271 e. The molecule has 4 rings (SSSR count). The van der Waals surface area contributed by atoms with Gasteiger partial charge in [-0.1, -0.05) is 59.1 Å². The minimum atomic E-state index is -1.07. The van der Waals surface area contributed by atoms with Gasteiger partial charge in [-0.25, -0.2) is 0 Å². The van der Waals surface area contributed by atoms with Gasteiger partial charge in [-0.3, -0.25) is 15.6 Å². The van der Waals surface area contributed by atoms with E-state index in [2.05, 4.69) is 22.7 Å². The lowest BCUT2D eigenvalue weighted by Crippen LogP contribution is -2.30. The SMILES string of the molecule is C=C(Nc1ccc(Cl)c(C(=O)NNc2ccc(C)cc2C)c1)C1C(c2cc(Cl)cc(Cl)c2)C1(Cl)Cl. The second kappa shape index (κ2) is 10.1. The summed E-state index contributed by atoms with van der Waals surface area (Å²) in [5.41, 5.74) is 10.9. The minimum absolute atomic E-state index is 0.237. The number of alkyl halides is 2. The van der Waals surface area contributed by atoms with Gasteiger partial charge in [0, 0.05) is 33.3 Å². The maximum Gasteiger partial charge on any atom is 0.271 e. The minimum Gasteiger partial charge on any atom is -0.359 e. The van der Waals surface area contributed by atoms with Gasteiger partial charge < -0.3 is 5.32 Å². The molecule has 35 heavy (non-hydrogen) atoms. The molecule has 3 aromatic carbocycles. The number of amides is 1. The van der Waals surface area contributed by atoms with Crippen LogP contribution in [0.5, 0.6) is 0 Å². The van der Waals surface area contributed by atoms with Crippen LogP contribution in [0.15, 0.2) is 66.9 Å². The van der Waals surface area contributed by atoms with Crippen molar-refractivity contribution in [3.63, 3.8) is 0 Å². The Bertz CT molecular complexity index is 1300. The monoisotopic (exact) mass is 567 g/mol. The number of nitrogens with one attached hydrogen (secondary N) is 3. The zero-order valence-electron chi connectivity index (χ0n) is 18.9. The van der Waals surface area contributed by atoms with Crippen LogP contribution in [0.1, 0.15) is 33.0 Å². The number of allylic oxidation sites excluding steroid dienone is 1. The number of benzene rings is 3.